The van der Waals surface area contributed by atoms with Gasteiger partial charge in [-0.05, 0) is 18.4 Å². The zero-order valence-corrected chi connectivity index (χ0v) is 18.8. The number of carbonyl (C=O) groups is 5. The Kier molecular flexibility index (Phi) is 11.9. The standard InChI is InChI=1S/C18H29N7O7S/c1-33-3-2-11(18(31)32)23-16(29)12(4-9-6-21-8-22-9)24-17(30)13(7-26)25-15(28)10(19)5-14(20)27/h6,8,10-13,26H,2-5,7,19H2,1H3,(H2,20,27)(H,21,22)(H,23,29)(H,24,30)(H,25,28)(H,31,32). The number of nitrogens with one attached hydrogen (secondary N) is 4. The molecule has 184 valence electrons. The van der Waals surface area contributed by atoms with Gasteiger partial charge in [0.05, 0.1) is 25.4 Å². The molecule has 0 radical (unpaired) electrons. The molecular weight excluding hydrogens is 458 g/mol. The molecule has 33 heavy (non-hydrogen) atoms. The van der Waals surface area contributed by atoms with Gasteiger partial charge in [0, 0.05) is 18.3 Å². The fourth-order valence-corrected chi connectivity index (χ4v) is 3.12. The molecular formula is C18H29N7O7S. The monoisotopic (exact) mass is 487 g/mol. The predicted molar refractivity (Wildman–Crippen MR) is 118 cm³/mol. The van der Waals surface area contributed by atoms with E-state index in [1.165, 1.54) is 24.3 Å². The quantitative estimate of drug-likeness (QED) is 0.121. The average Bonchev–Trinajstić information content (AvgIpc) is 3.26. The number of hydrogen-bond acceptors (Lipinski definition) is 9. The molecule has 1 aromatic heterocycles. The van der Waals surface area contributed by atoms with Crippen molar-refractivity contribution in [3.05, 3.63) is 18.2 Å². The number of nitrogens with zero attached hydrogens (tertiary/aromatic N) is 1. The number of thioether (sulfide) groups is 1. The summed E-state index contributed by atoms with van der Waals surface area (Å²) in [5, 5.41) is 25.8. The second-order valence-corrected chi connectivity index (χ2v) is 8.03. The number of carbonyl (C=O) groups excluding carboxylic acids is 4. The second-order valence-electron chi connectivity index (χ2n) is 7.04. The maximum atomic E-state index is 12.8. The topological polar surface area (TPSA) is 243 Å². The summed E-state index contributed by atoms with van der Waals surface area (Å²) in [6.45, 7) is -0.829. The predicted octanol–water partition coefficient (Wildman–Crippen LogP) is -3.56. The second kappa shape index (κ2) is 14.1. The minimum absolute atomic E-state index is 0.0697. The fourth-order valence-electron chi connectivity index (χ4n) is 2.65. The summed E-state index contributed by atoms with van der Waals surface area (Å²) in [4.78, 5) is 66.5. The lowest BCUT2D eigenvalue weighted by molar-refractivity contribution is -0.142. The SMILES string of the molecule is CSCCC(NC(=O)C(Cc1cnc[nH]1)NC(=O)C(CO)NC(=O)C(N)CC(N)=O)C(=O)O. The van der Waals surface area contributed by atoms with Crippen molar-refractivity contribution >= 4 is 41.4 Å². The summed E-state index contributed by atoms with van der Waals surface area (Å²) in [6.07, 6.45) is 4.20. The first-order valence-electron chi connectivity index (χ1n) is 9.83. The van der Waals surface area contributed by atoms with Crippen LogP contribution in [0.15, 0.2) is 12.5 Å². The van der Waals surface area contributed by atoms with Crippen LogP contribution in [0.5, 0.6) is 0 Å². The van der Waals surface area contributed by atoms with Crippen LogP contribution >= 0.6 is 11.8 Å². The van der Waals surface area contributed by atoms with E-state index in [2.05, 4.69) is 25.9 Å². The first-order chi connectivity index (χ1) is 15.6. The molecule has 0 saturated carbocycles. The smallest absolute Gasteiger partial charge is 0.326 e. The van der Waals surface area contributed by atoms with Crippen LogP contribution in [0.3, 0.4) is 0 Å². The fraction of sp³-hybridized carbons (Fsp3) is 0.556. The number of aliphatic hydroxyl groups excluding tert-OH is 1. The van der Waals surface area contributed by atoms with Crippen molar-refractivity contribution in [1.29, 1.82) is 0 Å². The molecule has 1 heterocycles. The van der Waals surface area contributed by atoms with Gasteiger partial charge < -0.3 is 42.6 Å². The van der Waals surface area contributed by atoms with Gasteiger partial charge in [0.1, 0.15) is 18.1 Å². The molecule has 0 aliphatic heterocycles. The molecule has 4 amide bonds. The Morgan fingerprint density at radius 3 is 2.21 bits per heavy atom. The Balaban J connectivity index is 2.93. The van der Waals surface area contributed by atoms with E-state index in [4.69, 9.17) is 11.5 Å². The van der Waals surface area contributed by atoms with E-state index in [-0.39, 0.29) is 12.8 Å². The Hall–Kier alpha value is -3.17. The van der Waals surface area contributed by atoms with Gasteiger partial charge in [-0.15, -0.1) is 0 Å². The first kappa shape index (κ1) is 27.9. The molecule has 0 fully saturated rings. The summed E-state index contributed by atoms with van der Waals surface area (Å²) < 4.78 is 0. The summed E-state index contributed by atoms with van der Waals surface area (Å²) in [5.74, 6) is -4.17. The van der Waals surface area contributed by atoms with E-state index in [9.17, 15) is 34.2 Å². The van der Waals surface area contributed by atoms with Crippen molar-refractivity contribution in [1.82, 2.24) is 25.9 Å². The van der Waals surface area contributed by atoms with Gasteiger partial charge in [0.15, 0.2) is 0 Å². The third kappa shape index (κ3) is 9.88. The number of H-pyrrole nitrogens is 1. The highest BCUT2D eigenvalue weighted by Gasteiger charge is 2.30. The van der Waals surface area contributed by atoms with Crippen molar-refractivity contribution in [3.8, 4) is 0 Å². The van der Waals surface area contributed by atoms with Gasteiger partial charge in [-0.25, -0.2) is 9.78 Å². The largest absolute Gasteiger partial charge is 0.480 e. The number of hydrogen-bond donors (Lipinski definition) is 8. The van der Waals surface area contributed by atoms with Crippen LogP contribution in [0.1, 0.15) is 18.5 Å². The highest BCUT2D eigenvalue weighted by atomic mass is 32.2. The summed E-state index contributed by atoms with van der Waals surface area (Å²) >= 11 is 1.41. The minimum Gasteiger partial charge on any atom is -0.480 e. The van der Waals surface area contributed by atoms with Crippen LogP contribution in [0.2, 0.25) is 0 Å². The van der Waals surface area contributed by atoms with Crippen molar-refractivity contribution < 1.29 is 34.2 Å². The van der Waals surface area contributed by atoms with Gasteiger partial charge in [-0.1, -0.05) is 0 Å². The van der Waals surface area contributed by atoms with Gasteiger partial charge in [0.25, 0.3) is 0 Å². The maximum absolute atomic E-state index is 12.8. The van der Waals surface area contributed by atoms with Crippen molar-refractivity contribution in [2.45, 2.75) is 43.4 Å². The molecule has 15 heteroatoms. The molecule has 0 spiro atoms. The molecule has 4 atom stereocenters. The lowest BCUT2D eigenvalue weighted by Gasteiger charge is -2.24. The Morgan fingerprint density at radius 2 is 1.70 bits per heavy atom. The van der Waals surface area contributed by atoms with E-state index in [0.717, 1.165) is 0 Å². The highest BCUT2D eigenvalue weighted by molar-refractivity contribution is 7.98. The van der Waals surface area contributed by atoms with Crippen LogP contribution in [-0.2, 0) is 30.4 Å². The highest BCUT2D eigenvalue weighted by Crippen LogP contribution is 2.05. The Labute approximate surface area is 193 Å². The third-order valence-corrected chi connectivity index (χ3v) is 5.05. The molecule has 10 N–H and O–H groups in total. The number of carboxylic acid groups (broad SMARTS) is 1. The zero-order chi connectivity index (χ0) is 25.0. The number of aromatic nitrogens is 2. The zero-order valence-electron chi connectivity index (χ0n) is 17.9. The number of aromatic amines is 1. The van der Waals surface area contributed by atoms with Crippen molar-refractivity contribution in [3.63, 3.8) is 0 Å². The number of imidazole rings is 1. The number of carboxylic acids is 1. The van der Waals surface area contributed by atoms with Gasteiger partial charge in [0.2, 0.25) is 23.6 Å². The molecule has 1 aromatic rings. The van der Waals surface area contributed by atoms with E-state index in [1.54, 1.807) is 6.26 Å². The van der Waals surface area contributed by atoms with Crippen molar-refractivity contribution in [2.75, 3.05) is 18.6 Å². The summed E-state index contributed by atoms with van der Waals surface area (Å²) in [6, 6.07) is -5.24. The Morgan fingerprint density at radius 1 is 1.09 bits per heavy atom. The summed E-state index contributed by atoms with van der Waals surface area (Å²) in [7, 11) is 0. The molecule has 0 bridgehead atoms. The van der Waals surface area contributed by atoms with Crippen LogP contribution in [0.4, 0.5) is 0 Å². The molecule has 0 saturated heterocycles. The molecule has 0 aliphatic carbocycles. The van der Waals surface area contributed by atoms with Gasteiger partial charge in [-0.2, -0.15) is 11.8 Å². The Bertz CT molecular complexity index is 821. The molecule has 1 rings (SSSR count). The van der Waals surface area contributed by atoms with E-state index < -0.39 is 66.8 Å². The summed E-state index contributed by atoms with van der Waals surface area (Å²) in [5.41, 5.74) is 11.0. The van der Waals surface area contributed by atoms with Crippen LogP contribution in [0.25, 0.3) is 0 Å². The number of amides is 4. The molecule has 4 unspecified atom stereocenters. The van der Waals surface area contributed by atoms with Crippen LogP contribution < -0.4 is 27.4 Å². The first-order valence-corrected chi connectivity index (χ1v) is 11.2. The lowest BCUT2D eigenvalue weighted by Crippen LogP contribution is -2.58. The molecule has 0 aromatic carbocycles. The lowest BCUT2D eigenvalue weighted by atomic mass is 10.1. The third-order valence-electron chi connectivity index (χ3n) is 4.41. The van der Waals surface area contributed by atoms with Gasteiger partial charge in [-0.3, -0.25) is 19.2 Å². The van der Waals surface area contributed by atoms with Crippen molar-refractivity contribution in [2.24, 2.45) is 11.5 Å². The number of primary amides is 1. The maximum Gasteiger partial charge on any atom is 0.326 e. The van der Waals surface area contributed by atoms with Crippen LogP contribution in [-0.4, -0.2) is 92.6 Å². The van der Waals surface area contributed by atoms with E-state index in [0.29, 0.717) is 11.4 Å². The number of rotatable bonds is 15. The normalized spacial score (nSPS) is 14.4. The minimum atomic E-state index is -1.49. The van der Waals surface area contributed by atoms with E-state index >= 15 is 0 Å². The number of aliphatic hydroxyl groups is 1. The number of aliphatic carboxylic acids is 1. The van der Waals surface area contributed by atoms with Gasteiger partial charge >= 0.3 is 5.97 Å². The molecule has 0 aliphatic rings. The number of nitrogens with two attached hydrogens (primary N) is 2. The molecule has 14 nitrogen and oxygen atoms in total. The van der Waals surface area contributed by atoms with Crippen LogP contribution in [0, 0.1) is 0 Å². The average molecular weight is 488 g/mol. The van der Waals surface area contributed by atoms with E-state index in [1.807, 2.05) is 0 Å².